The molecule has 0 aliphatic rings. The lowest BCUT2D eigenvalue weighted by Gasteiger charge is -2.09. The van der Waals surface area contributed by atoms with Crippen molar-refractivity contribution in [1.82, 2.24) is 4.98 Å². The molecular weight excluding hydrogens is 362 g/mol. The number of hydrogen-bond acceptors (Lipinski definition) is 3. The average Bonchev–Trinajstić information content (AvgIpc) is 2.41. The van der Waals surface area contributed by atoms with Crippen LogP contribution >= 0.6 is 22.6 Å². The lowest BCUT2D eigenvalue weighted by Crippen LogP contribution is -2.07. The zero-order chi connectivity index (χ0) is 13.8. The van der Waals surface area contributed by atoms with E-state index in [1.165, 1.54) is 12.1 Å². The lowest BCUT2D eigenvalue weighted by molar-refractivity contribution is 0.0690. The molecule has 0 amide bonds. The van der Waals surface area contributed by atoms with E-state index in [-0.39, 0.29) is 11.5 Å². The number of carbonyl (C=O) groups is 1. The number of benzene rings is 1. The van der Waals surface area contributed by atoms with Crippen LogP contribution in [0.15, 0.2) is 36.4 Å². The number of hydrogen-bond donors (Lipinski definition) is 2. The number of anilines is 1. The van der Waals surface area contributed by atoms with E-state index in [1.54, 1.807) is 24.3 Å². The molecule has 2 N–H and O–H groups in total. The zero-order valence-electron chi connectivity index (χ0n) is 9.73. The standard InChI is InChI=1S/C13H10FIN2O2/c14-9-4-2-5-10(12(9)15)16-7-8-3-1-6-11(17-8)13(18)19/h1-6,16H,7H2,(H,18,19). The Morgan fingerprint density at radius 3 is 2.79 bits per heavy atom. The number of halogens is 2. The smallest absolute Gasteiger partial charge is 0.354 e. The van der Waals surface area contributed by atoms with Gasteiger partial charge in [-0.25, -0.2) is 14.2 Å². The number of pyridine rings is 1. The van der Waals surface area contributed by atoms with Crippen molar-refractivity contribution < 1.29 is 14.3 Å². The molecule has 19 heavy (non-hydrogen) atoms. The van der Waals surface area contributed by atoms with Gasteiger partial charge in [-0.05, 0) is 46.9 Å². The first-order valence-corrected chi connectivity index (χ1v) is 6.53. The average molecular weight is 372 g/mol. The molecule has 2 aromatic rings. The van der Waals surface area contributed by atoms with Gasteiger partial charge in [-0.1, -0.05) is 12.1 Å². The first-order valence-electron chi connectivity index (χ1n) is 5.45. The molecular formula is C13H10FIN2O2. The number of aromatic nitrogens is 1. The highest BCUT2D eigenvalue weighted by Gasteiger charge is 2.07. The molecule has 0 aliphatic carbocycles. The third-order valence-electron chi connectivity index (χ3n) is 2.44. The number of rotatable bonds is 4. The Labute approximate surface area is 122 Å². The second kappa shape index (κ2) is 5.96. The second-order valence-electron chi connectivity index (χ2n) is 3.77. The van der Waals surface area contributed by atoms with Crippen LogP contribution in [0.1, 0.15) is 16.2 Å². The molecule has 0 saturated heterocycles. The number of carboxylic acids is 1. The molecule has 0 fully saturated rings. The van der Waals surface area contributed by atoms with E-state index in [9.17, 15) is 9.18 Å². The molecule has 1 aromatic heterocycles. The van der Waals surface area contributed by atoms with Gasteiger partial charge >= 0.3 is 5.97 Å². The number of nitrogens with zero attached hydrogens (tertiary/aromatic N) is 1. The van der Waals surface area contributed by atoms with Crippen molar-refractivity contribution in [1.29, 1.82) is 0 Å². The van der Waals surface area contributed by atoms with Crippen LogP contribution in [0.25, 0.3) is 0 Å². The quantitative estimate of drug-likeness (QED) is 0.810. The van der Waals surface area contributed by atoms with Crippen LogP contribution in [0.3, 0.4) is 0 Å². The summed E-state index contributed by atoms with van der Waals surface area (Å²) in [4.78, 5) is 14.8. The maximum atomic E-state index is 13.3. The molecule has 4 nitrogen and oxygen atoms in total. The van der Waals surface area contributed by atoms with Crippen LogP contribution in [0.4, 0.5) is 10.1 Å². The molecule has 2 rings (SSSR count). The van der Waals surface area contributed by atoms with Crippen molar-refractivity contribution in [2.75, 3.05) is 5.32 Å². The van der Waals surface area contributed by atoms with E-state index in [4.69, 9.17) is 5.11 Å². The topological polar surface area (TPSA) is 62.2 Å². The molecule has 0 atom stereocenters. The van der Waals surface area contributed by atoms with Crippen LogP contribution < -0.4 is 5.32 Å². The first kappa shape index (κ1) is 13.7. The molecule has 0 spiro atoms. The molecule has 0 radical (unpaired) electrons. The van der Waals surface area contributed by atoms with Crippen molar-refractivity contribution in [3.63, 3.8) is 0 Å². The molecule has 0 aliphatic heterocycles. The minimum atomic E-state index is -1.07. The van der Waals surface area contributed by atoms with Crippen LogP contribution in [0.5, 0.6) is 0 Å². The summed E-state index contributed by atoms with van der Waals surface area (Å²) in [5.74, 6) is -1.36. The number of aromatic carboxylic acids is 1. The summed E-state index contributed by atoms with van der Waals surface area (Å²) in [5.41, 5.74) is 1.23. The molecule has 0 bridgehead atoms. The molecule has 1 aromatic carbocycles. The Bertz CT molecular complexity index is 619. The Morgan fingerprint density at radius 2 is 2.05 bits per heavy atom. The van der Waals surface area contributed by atoms with Gasteiger partial charge in [0, 0.05) is 0 Å². The Hall–Kier alpha value is -1.70. The monoisotopic (exact) mass is 372 g/mol. The predicted octanol–water partition coefficient (Wildman–Crippen LogP) is 3.14. The van der Waals surface area contributed by atoms with Gasteiger partial charge in [-0.15, -0.1) is 0 Å². The van der Waals surface area contributed by atoms with E-state index >= 15 is 0 Å². The summed E-state index contributed by atoms with van der Waals surface area (Å²) in [5, 5.41) is 11.9. The predicted molar refractivity (Wildman–Crippen MR) is 77.6 cm³/mol. The highest BCUT2D eigenvalue weighted by atomic mass is 127. The second-order valence-corrected chi connectivity index (χ2v) is 4.85. The normalized spacial score (nSPS) is 10.2. The van der Waals surface area contributed by atoms with Gasteiger partial charge in [-0.2, -0.15) is 0 Å². The SMILES string of the molecule is O=C(O)c1cccc(CNc2cccc(F)c2I)n1. The fourth-order valence-corrected chi connectivity index (χ4v) is 2.07. The van der Waals surface area contributed by atoms with E-state index in [0.29, 0.717) is 21.5 Å². The molecule has 0 saturated carbocycles. The summed E-state index contributed by atoms with van der Waals surface area (Å²) in [6.07, 6.45) is 0. The van der Waals surface area contributed by atoms with Gasteiger partial charge in [0.15, 0.2) is 0 Å². The first-order chi connectivity index (χ1) is 9.08. The van der Waals surface area contributed by atoms with Crippen molar-refractivity contribution >= 4 is 34.2 Å². The summed E-state index contributed by atoms with van der Waals surface area (Å²) in [6.45, 7) is 0.334. The fourth-order valence-electron chi connectivity index (χ4n) is 1.52. The third-order valence-corrected chi connectivity index (χ3v) is 3.53. The van der Waals surface area contributed by atoms with E-state index in [0.717, 1.165) is 0 Å². The van der Waals surface area contributed by atoms with Gasteiger partial charge in [0.2, 0.25) is 0 Å². The summed E-state index contributed by atoms with van der Waals surface area (Å²) in [6, 6.07) is 9.52. The van der Waals surface area contributed by atoms with Crippen LogP contribution in [-0.2, 0) is 6.54 Å². The van der Waals surface area contributed by atoms with E-state index < -0.39 is 5.97 Å². The van der Waals surface area contributed by atoms with Crippen molar-refractivity contribution in [3.05, 3.63) is 57.2 Å². The minimum absolute atomic E-state index is 0.00626. The minimum Gasteiger partial charge on any atom is -0.477 e. The molecule has 98 valence electrons. The van der Waals surface area contributed by atoms with Crippen LogP contribution in [-0.4, -0.2) is 16.1 Å². The zero-order valence-corrected chi connectivity index (χ0v) is 11.9. The van der Waals surface area contributed by atoms with E-state index in [1.807, 2.05) is 22.6 Å². The van der Waals surface area contributed by atoms with Gasteiger partial charge in [0.05, 0.1) is 21.5 Å². The summed E-state index contributed by atoms with van der Waals surface area (Å²) >= 11 is 1.91. The third kappa shape index (κ3) is 3.40. The van der Waals surface area contributed by atoms with Gasteiger partial charge in [0.1, 0.15) is 11.5 Å². The fraction of sp³-hybridized carbons (Fsp3) is 0.0769. The van der Waals surface area contributed by atoms with Crippen LogP contribution in [0.2, 0.25) is 0 Å². The highest BCUT2D eigenvalue weighted by Crippen LogP contribution is 2.21. The summed E-state index contributed by atoms with van der Waals surface area (Å²) < 4.78 is 13.8. The van der Waals surface area contributed by atoms with Crippen LogP contribution in [0, 0.1) is 9.39 Å². The van der Waals surface area contributed by atoms with Crippen molar-refractivity contribution in [3.8, 4) is 0 Å². The van der Waals surface area contributed by atoms with Gasteiger partial charge in [0.25, 0.3) is 0 Å². The Morgan fingerprint density at radius 1 is 1.32 bits per heavy atom. The maximum absolute atomic E-state index is 13.3. The van der Waals surface area contributed by atoms with Gasteiger partial charge < -0.3 is 10.4 Å². The summed E-state index contributed by atoms with van der Waals surface area (Å²) in [7, 11) is 0. The van der Waals surface area contributed by atoms with Crippen molar-refractivity contribution in [2.24, 2.45) is 0 Å². The Kier molecular flexibility index (Phi) is 4.31. The molecule has 6 heteroatoms. The molecule has 0 unspecified atom stereocenters. The number of carboxylic acid groups (broad SMARTS) is 1. The largest absolute Gasteiger partial charge is 0.477 e. The van der Waals surface area contributed by atoms with Crippen molar-refractivity contribution in [2.45, 2.75) is 6.54 Å². The number of nitrogens with one attached hydrogen (secondary N) is 1. The van der Waals surface area contributed by atoms with Gasteiger partial charge in [-0.3, -0.25) is 0 Å². The Balaban J connectivity index is 2.12. The molecule has 1 heterocycles. The highest BCUT2D eigenvalue weighted by molar-refractivity contribution is 14.1. The maximum Gasteiger partial charge on any atom is 0.354 e. The lowest BCUT2D eigenvalue weighted by atomic mass is 10.2. The van der Waals surface area contributed by atoms with E-state index in [2.05, 4.69) is 10.3 Å².